The summed E-state index contributed by atoms with van der Waals surface area (Å²) in [5, 5.41) is 0. The predicted molar refractivity (Wildman–Crippen MR) is 67.9 cm³/mol. The smallest absolute Gasteiger partial charge is 0.155 e. The summed E-state index contributed by atoms with van der Waals surface area (Å²) >= 11 is 3.51. The Labute approximate surface area is 104 Å². The Morgan fingerprint density at radius 2 is 2.25 bits per heavy atom. The van der Waals surface area contributed by atoms with Gasteiger partial charge in [0.05, 0.1) is 6.04 Å². The number of fused-ring (bicyclic) bond motifs is 3. The van der Waals surface area contributed by atoms with Gasteiger partial charge in [0.2, 0.25) is 0 Å². The highest BCUT2D eigenvalue weighted by molar-refractivity contribution is 9.10. The summed E-state index contributed by atoms with van der Waals surface area (Å²) in [5.41, 5.74) is 2.57. The average Bonchev–Trinajstić information content (AvgIpc) is 2.54. The molecule has 3 heteroatoms. The van der Waals surface area contributed by atoms with Crippen LogP contribution in [0.25, 0.3) is 0 Å². The SMILES string of the molecule is CN1c2ccc(Br)cc2C2CCCC(=O)C21. The van der Waals surface area contributed by atoms with Crippen molar-refractivity contribution in [2.75, 3.05) is 11.9 Å². The normalized spacial score (nSPS) is 27.9. The van der Waals surface area contributed by atoms with Crippen molar-refractivity contribution < 1.29 is 4.79 Å². The van der Waals surface area contributed by atoms with Crippen LogP contribution in [-0.2, 0) is 4.79 Å². The van der Waals surface area contributed by atoms with E-state index in [0.29, 0.717) is 11.7 Å². The van der Waals surface area contributed by atoms with Gasteiger partial charge in [0.1, 0.15) is 0 Å². The van der Waals surface area contributed by atoms with Gasteiger partial charge in [-0.3, -0.25) is 4.79 Å². The first-order valence-electron chi connectivity index (χ1n) is 5.73. The van der Waals surface area contributed by atoms with Crippen LogP contribution >= 0.6 is 15.9 Å². The zero-order chi connectivity index (χ0) is 11.3. The van der Waals surface area contributed by atoms with Crippen molar-refractivity contribution in [1.82, 2.24) is 0 Å². The number of anilines is 1. The maximum atomic E-state index is 12.0. The van der Waals surface area contributed by atoms with Crippen LogP contribution < -0.4 is 4.90 Å². The summed E-state index contributed by atoms with van der Waals surface area (Å²) in [6.45, 7) is 0. The third-order valence-electron chi connectivity index (χ3n) is 3.84. The number of Topliss-reactive ketones (excluding diaryl/α,β-unsaturated/α-hetero) is 1. The molecule has 0 amide bonds. The van der Waals surface area contributed by atoms with E-state index in [2.05, 4.69) is 39.0 Å². The van der Waals surface area contributed by atoms with Gasteiger partial charge >= 0.3 is 0 Å². The minimum absolute atomic E-state index is 0.0954. The second-order valence-electron chi connectivity index (χ2n) is 4.72. The second-order valence-corrected chi connectivity index (χ2v) is 5.64. The van der Waals surface area contributed by atoms with Crippen LogP contribution in [0.2, 0.25) is 0 Å². The molecule has 0 aromatic heterocycles. The van der Waals surface area contributed by atoms with E-state index in [9.17, 15) is 4.79 Å². The molecule has 2 unspecified atom stereocenters. The van der Waals surface area contributed by atoms with Crippen molar-refractivity contribution in [2.45, 2.75) is 31.2 Å². The predicted octanol–water partition coefficient (Wildman–Crippen LogP) is 3.10. The summed E-state index contributed by atoms with van der Waals surface area (Å²) in [7, 11) is 2.04. The molecule has 84 valence electrons. The summed E-state index contributed by atoms with van der Waals surface area (Å²) in [4.78, 5) is 14.1. The minimum Gasteiger partial charge on any atom is -0.364 e. The number of hydrogen-bond donors (Lipinski definition) is 0. The monoisotopic (exact) mass is 279 g/mol. The quantitative estimate of drug-likeness (QED) is 0.727. The van der Waals surface area contributed by atoms with Gasteiger partial charge in [-0.25, -0.2) is 0 Å². The van der Waals surface area contributed by atoms with Crippen molar-refractivity contribution >= 4 is 27.4 Å². The van der Waals surface area contributed by atoms with Crippen LogP contribution in [-0.4, -0.2) is 18.9 Å². The maximum absolute atomic E-state index is 12.0. The van der Waals surface area contributed by atoms with E-state index in [1.807, 2.05) is 7.05 Å². The topological polar surface area (TPSA) is 20.3 Å². The number of carbonyl (C=O) groups excluding carboxylic acids is 1. The summed E-state index contributed by atoms with van der Waals surface area (Å²) in [6.07, 6.45) is 2.94. The Balaban J connectivity index is 2.11. The standard InChI is InChI=1S/C13H14BrNO/c1-15-11-6-5-8(14)7-10(11)9-3-2-4-12(16)13(9)15/h5-7,9,13H,2-4H2,1H3. The maximum Gasteiger partial charge on any atom is 0.155 e. The number of halogens is 1. The number of ketones is 1. The Hall–Kier alpha value is -0.830. The molecule has 3 rings (SSSR count). The van der Waals surface area contributed by atoms with Gasteiger partial charge < -0.3 is 4.90 Å². The number of hydrogen-bond acceptors (Lipinski definition) is 2. The highest BCUT2D eigenvalue weighted by atomic mass is 79.9. The number of benzene rings is 1. The van der Waals surface area contributed by atoms with E-state index in [4.69, 9.17) is 0 Å². The van der Waals surface area contributed by atoms with Gasteiger partial charge in [0.25, 0.3) is 0 Å². The van der Waals surface area contributed by atoms with Crippen LogP contribution in [0, 0.1) is 0 Å². The van der Waals surface area contributed by atoms with Gasteiger partial charge in [-0.15, -0.1) is 0 Å². The van der Waals surface area contributed by atoms with Gasteiger partial charge in [-0.05, 0) is 36.6 Å². The molecule has 1 saturated carbocycles. The third-order valence-corrected chi connectivity index (χ3v) is 4.33. The Kier molecular flexibility index (Phi) is 2.32. The summed E-state index contributed by atoms with van der Waals surface area (Å²) in [6, 6.07) is 6.44. The fourth-order valence-electron chi connectivity index (χ4n) is 3.13. The molecule has 1 aromatic carbocycles. The zero-order valence-electron chi connectivity index (χ0n) is 9.24. The molecule has 0 spiro atoms. The Morgan fingerprint density at radius 1 is 1.44 bits per heavy atom. The molecule has 16 heavy (non-hydrogen) atoms. The fourth-order valence-corrected chi connectivity index (χ4v) is 3.51. The number of likely N-dealkylation sites (N-methyl/N-ethyl adjacent to an activating group) is 1. The molecule has 2 aliphatic rings. The van der Waals surface area contributed by atoms with Crippen LogP contribution in [0.3, 0.4) is 0 Å². The molecule has 1 aliphatic carbocycles. The van der Waals surface area contributed by atoms with Crippen LogP contribution in [0.4, 0.5) is 5.69 Å². The van der Waals surface area contributed by atoms with Gasteiger partial charge in [0.15, 0.2) is 5.78 Å². The average molecular weight is 280 g/mol. The summed E-state index contributed by atoms with van der Waals surface area (Å²) < 4.78 is 1.11. The largest absolute Gasteiger partial charge is 0.364 e. The van der Waals surface area contributed by atoms with Crippen LogP contribution in [0.5, 0.6) is 0 Å². The van der Waals surface area contributed by atoms with Crippen molar-refractivity contribution in [3.63, 3.8) is 0 Å². The second kappa shape index (κ2) is 3.59. The first-order chi connectivity index (χ1) is 7.68. The number of carbonyl (C=O) groups is 1. The minimum atomic E-state index is 0.0954. The molecule has 1 aromatic rings. The van der Waals surface area contributed by atoms with E-state index < -0.39 is 0 Å². The molecular formula is C13H14BrNO. The van der Waals surface area contributed by atoms with Gasteiger partial charge in [-0.2, -0.15) is 0 Å². The van der Waals surface area contributed by atoms with Crippen molar-refractivity contribution in [1.29, 1.82) is 0 Å². The molecule has 1 heterocycles. The van der Waals surface area contributed by atoms with E-state index in [-0.39, 0.29) is 6.04 Å². The molecular weight excluding hydrogens is 266 g/mol. The van der Waals surface area contributed by atoms with Crippen molar-refractivity contribution in [3.8, 4) is 0 Å². The van der Waals surface area contributed by atoms with Gasteiger partial charge in [0, 0.05) is 29.5 Å². The lowest BCUT2D eigenvalue weighted by Gasteiger charge is -2.29. The first-order valence-corrected chi connectivity index (χ1v) is 6.53. The highest BCUT2D eigenvalue weighted by Gasteiger charge is 2.42. The lowest BCUT2D eigenvalue weighted by molar-refractivity contribution is -0.121. The van der Waals surface area contributed by atoms with Crippen molar-refractivity contribution in [2.24, 2.45) is 0 Å². The van der Waals surface area contributed by atoms with E-state index >= 15 is 0 Å². The zero-order valence-corrected chi connectivity index (χ0v) is 10.8. The van der Waals surface area contributed by atoms with Gasteiger partial charge in [-0.1, -0.05) is 15.9 Å². The van der Waals surface area contributed by atoms with E-state index in [1.54, 1.807) is 0 Å². The summed E-state index contributed by atoms with van der Waals surface area (Å²) in [5.74, 6) is 0.824. The number of rotatable bonds is 0. The molecule has 1 aliphatic heterocycles. The van der Waals surface area contributed by atoms with Crippen molar-refractivity contribution in [3.05, 3.63) is 28.2 Å². The lowest BCUT2D eigenvalue weighted by Crippen LogP contribution is -2.40. The first kappa shape index (κ1) is 10.3. The Bertz CT molecular complexity index is 457. The lowest BCUT2D eigenvalue weighted by atomic mass is 9.82. The number of nitrogens with zero attached hydrogens (tertiary/aromatic N) is 1. The third kappa shape index (κ3) is 1.34. The van der Waals surface area contributed by atoms with Crippen LogP contribution in [0.1, 0.15) is 30.7 Å². The van der Waals surface area contributed by atoms with E-state index in [0.717, 1.165) is 23.7 Å². The molecule has 1 fully saturated rings. The molecule has 0 saturated heterocycles. The van der Waals surface area contributed by atoms with E-state index in [1.165, 1.54) is 11.3 Å². The highest BCUT2D eigenvalue weighted by Crippen LogP contribution is 2.46. The Morgan fingerprint density at radius 3 is 3.06 bits per heavy atom. The fraction of sp³-hybridized carbons (Fsp3) is 0.462. The molecule has 0 radical (unpaired) electrons. The molecule has 2 atom stereocenters. The molecule has 2 nitrogen and oxygen atoms in total. The molecule has 0 bridgehead atoms. The van der Waals surface area contributed by atoms with Crippen LogP contribution in [0.15, 0.2) is 22.7 Å². The molecule has 0 N–H and O–H groups in total.